The predicted octanol–water partition coefficient (Wildman–Crippen LogP) is 5.33. The van der Waals surface area contributed by atoms with Crippen LogP contribution in [-0.4, -0.2) is 15.3 Å². The Labute approximate surface area is 150 Å². The number of imidazole rings is 1. The summed E-state index contributed by atoms with van der Waals surface area (Å²) in [5, 5.41) is 0. The summed E-state index contributed by atoms with van der Waals surface area (Å²) in [6.07, 6.45) is 7.50. The molecular weight excluding hydrogens is 308 g/mol. The second-order valence-electron chi connectivity index (χ2n) is 8.50. The summed E-state index contributed by atoms with van der Waals surface area (Å²) in [5.41, 5.74) is 4.60. The maximum atomic E-state index is 12.0. The fourth-order valence-corrected chi connectivity index (χ4v) is 3.62. The van der Waals surface area contributed by atoms with Crippen LogP contribution in [0.25, 0.3) is 17.1 Å². The Bertz CT molecular complexity index is 866. The molecule has 1 aliphatic rings. The van der Waals surface area contributed by atoms with Gasteiger partial charge in [0.05, 0.1) is 11.0 Å². The Hall–Kier alpha value is -2.16. The van der Waals surface area contributed by atoms with Crippen molar-refractivity contribution in [1.29, 1.82) is 0 Å². The molecule has 0 radical (unpaired) electrons. The van der Waals surface area contributed by atoms with E-state index in [4.69, 9.17) is 4.98 Å². The molecule has 0 fully saturated rings. The summed E-state index contributed by atoms with van der Waals surface area (Å²) in [6, 6.07) is 6.40. The molecule has 132 valence electrons. The number of ketones is 1. The first-order chi connectivity index (χ1) is 11.7. The molecule has 1 heterocycles. The third kappa shape index (κ3) is 4.09. The number of aromatic nitrogens is 2. The zero-order valence-corrected chi connectivity index (χ0v) is 16.0. The Morgan fingerprint density at radius 1 is 1.24 bits per heavy atom. The fourth-order valence-electron chi connectivity index (χ4n) is 3.62. The van der Waals surface area contributed by atoms with Crippen LogP contribution in [0.5, 0.6) is 0 Å². The summed E-state index contributed by atoms with van der Waals surface area (Å²) in [5.74, 6) is 1.73. The van der Waals surface area contributed by atoms with E-state index in [0.29, 0.717) is 12.3 Å². The number of aryl methyl sites for hydroxylation is 1. The molecule has 0 spiro atoms. The van der Waals surface area contributed by atoms with Gasteiger partial charge in [-0.05, 0) is 60.1 Å². The zero-order chi connectivity index (χ0) is 18.2. The molecule has 25 heavy (non-hydrogen) atoms. The first-order valence-electron chi connectivity index (χ1n) is 9.12. The van der Waals surface area contributed by atoms with Gasteiger partial charge in [0.25, 0.3) is 0 Å². The van der Waals surface area contributed by atoms with Gasteiger partial charge in [0.15, 0.2) is 5.78 Å². The molecule has 3 nitrogen and oxygen atoms in total. The van der Waals surface area contributed by atoms with E-state index in [9.17, 15) is 4.79 Å². The summed E-state index contributed by atoms with van der Waals surface area (Å²) >= 11 is 0. The van der Waals surface area contributed by atoms with Gasteiger partial charge in [0, 0.05) is 13.0 Å². The van der Waals surface area contributed by atoms with Crippen LogP contribution < -0.4 is 0 Å². The minimum atomic E-state index is 0.0423. The average Bonchev–Trinajstić information content (AvgIpc) is 2.80. The van der Waals surface area contributed by atoms with Gasteiger partial charge in [-0.15, -0.1) is 0 Å². The first kappa shape index (κ1) is 17.7. The van der Waals surface area contributed by atoms with Gasteiger partial charge >= 0.3 is 0 Å². The van der Waals surface area contributed by atoms with E-state index in [0.717, 1.165) is 29.9 Å². The first-order valence-corrected chi connectivity index (χ1v) is 9.12. The van der Waals surface area contributed by atoms with Crippen LogP contribution in [0.3, 0.4) is 0 Å². The lowest BCUT2D eigenvalue weighted by Crippen LogP contribution is -2.21. The second kappa shape index (κ2) is 6.62. The van der Waals surface area contributed by atoms with Gasteiger partial charge in [0.2, 0.25) is 0 Å². The lowest BCUT2D eigenvalue weighted by molar-refractivity contribution is -0.116. The predicted molar refractivity (Wildman–Crippen MR) is 104 cm³/mol. The molecule has 3 heteroatoms. The van der Waals surface area contributed by atoms with Crippen LogP contribution in [-0.2, 0) is 11.3 Å². The van der Waals surface area contributed by atoms with Gasteiger partial charge in [-0.3, -0.25) is 4.79 Å². The number of hydrogen-bond donors (Lipinski definition) is 0. The molecule has 2 aromatic rings. The molecule has 0 amide bonds. The van der Waals surface area contributed by atoms with Crippen molar-refractivity contribution in [2.45, 2.75) is 54.0 Å². The number of nitrogens with zero attached hydrogens (tertiary/aromatic N) is 2. The standard InChI is InChI=1S/C22H28N2O/c1-15(2)14-24-20-10-16(3)6-8-19(20)23-21(24)9-7-17-11-18(25)13-22(4,5)12-17/h6-11,15H,12-14H2,1-5H3/b9-7+. The molecule has 0 unspecified atom stereocenters. The van der Waals surface area contributed by atoms with Crippen molar-refractivity contribution < 1.29 is 4.79 Å². The Kier molecular flexibility index (Phi) is 4.68. The van der Waals surface area contributed by atoms with Crippen LogP contribution in [0, 0.1) is 18.3 Å². The SMILES string of the molecule is Cc1ccc2nc(/C=C/C3=CC(=O)CC(C)(C)C3)n(CC(C)C)c2c1. The number of carbonyl (C=O) groups is 1. The van der Waals surface area contributed by atoms with E-state index in [-0.39, 0.29) is 11.2 Å². The van der Waals surface area contributed by atoms with Gasteiger partial charge in [-0.1, -0.05) is 39.8 Å². The summed E-state index contributed by atoms with van der Waals surface area (Å²) in [6.45, 7) is 11.8. The van der Waals surface area contributed by atoms with Crippen LogP contribution in [0.2, 0.25) is 0 Å². The third-order valence-electron chi connectivity index (χ3n) is 4.61. The fraction of sp³-hybridized carbons (Fsp3) is 0.455. The van der Waals surface area contributed by atoms with E-state index in [1.807, 2.05) is 0 Å². The van der Waals surface area contributed by atoms with Crippen molar-refractivity contribution >= 4 is 22.9 Å². The number of allylic oxidation sites excluding steroid dienone is 3. The number of rotatable bonds is 4. The third-order valence-corrected chi connectivity index (χ3v) is 4.61. The summed E-state index contributed by atoms with van der Waals surface area (Å²) in [4.78, 5) is 16.8. The summed E-state index contributed by atoms with van der Waals surface area (Å²) in [7, 11) is 0. The Morgan fingerprint density at radius 2 is 2.00 bits per heavy atom. The molecule has 0 bridgehead atoms. The molecule has 0 saturated heterocycles. The highest BCUT2D eigenvalue weighted by atomic mass is 16.1. The molecule has 0 aliphatic heterocycles. The normalized spacial score (nSPS) is 17.7. The van der Waals surface area contributed by atoms with Crippen molar-refractivity contribution in [3.63, 3.8) is 0 Å². The highest BCUT2D eigenvalue weighted by Crippen LogP contribution is 2.34. The molecular formula is C22H28N2O. The van der Waals surface area contributed by atoms with Crippen molar-refractivity contribution in [3.05, 3.63) is 47.3 Å². The molecule has 1 aliphatic carbocycles. The van der Waals surface area contributed by atoms with E-state index >= 15 is 0 Å². The van der Waals surface area contributed by atoms with E-state index in [1.165, 1.54) is 11.1 Å². The quantitative estimate of drug-likeness (QED) is 0.756. The molecule has 3 rings (SSSR count). The molecule has 1 aromatic carbocycles. The van der Waals surface area contributed by atoms with Crippen molar-refractivity contribution in [2.75, 3.05) is 0 Å². The number of carbonyl (C=O) groups excluding carboxylic acids is 1. The van der Waals surface area contributed by atoms with E-state index in [2.05, 4.69) is 69.5 Å². The zero-order valence-electron chi connectivity index (χ0n) is 16.0. The van der Waals surface area contributed by atoms with Crippen molar-refractivity contribution in [3.8, 4) is 0 Å². The number of hydrogen-bond acceptors (Lipinski definition) is 2. The van der Waals surface area contributed by atoms with E-state index < -0.39 is 0 Å². The molecule has 0 N–H and O–H groups in total. The minimum Gasteiger partial charge on any atom is -0.324 e. The average molecular weight is 336 g/mol. The van der Waals surface area contributed by atoms with Crippen molar-refractivity contribution in [1.82, 2.24) is 9.55 Å². The highest BCUT2D eigenvalue weighted by molar-refractivity contribution is 5.92. The van der Waals surface area contributed by atoms with E-state index in [1.54, 1.807) is 6.08 Å². The molecule has 0 saturated carbocycles. The lowest BCUT2D eigenvalue weighted by atomic mass is 9.77. The smallest absolute Gasteiger partial charge is 0.156 e. The van der Waals surface area contributed by atoms with Gasteiger partial charge in [-0.2, -0.15) is 0 Å². The highest BCUT2D eigenvalue weighted by Gasteiger charge is 2.26. The van der Waals surface area contributed by atoms with Crippen LogP contribution in [0.4, 0.5) is 0 Å². The van der Waals surface area contributed by atoms with Gasteiger partial charge in [-0.25, -0.2) is 4.98 Å². The van der Waals surface area contributed by atoms with Crippen LogP contribution in [0.15, 0.2) is 35.9 Å². The maximum Gasteiger partial charge on any atom is 0.156 e. The van der Waals surface area contributed by atoms with Gasteiger partial charge < -0.3 is 4.57 Å². The summed E-state index contributed by atoms with van der Waals surface area (Å²) < 4.78 is 2.29. The lowest BCUT2D eigenvalue weighted by Gasteiger charge is -2.27. The van der Waals surface area contributed by atoms with Crippen LogP contribution >= 0.6 is 0 Å². The minimum absolute atomic E-state index is 0.0423. The second-order valence-corrected chi connectivity index (χ2v) is 8.50. The number of fused-ring (bicyclic) bond motifs is 1. The number of benzene rings is 1. The monoisotopic (exact) mass is 336 g/mol. The maximum absolute atomic E-state index is 12.0. The van der Waals surface area contributed by atoms with Gasteiger partial charge in [0.1, 0.15) is 5.82 Å². The Morgan fingerprint density at radius 3 is 2.68 bits per heavy atom. The largest absolute Gasteiger partial charge is 0.324 e. The molecule has 1 aromatic heterocycles. The Balaban J connectivity index is 1.99. The topological polar surface area (TPSA) is 34.9 Å². The van der Waals surface area contributed by atoms with Crippen LogP contribution in [0.1, 0.15) is 51.9 Å². The molecule has 0 atom stereocenters. The van der Waals surface area contributed by atoms with Crippen molar-refractivity contribution in [2.24, 2.45) is 11.3 Å².